The molecule has 1 aliphatic heterocycles. The third-order valence-corrected chi connectivity index (χ3v) is 4.43. The van der Waals surface area contributed by atoms with Crippen LogP contribution in [-0.4, -0.2) is 23.0 Å². The average molecular weight is 258 g/mol. The first-order valence-corrected chi connectivity index (χ1v) is 7.95. The molecule has 0 atom stereocenters. The SMILES string of the molecule is CC(C)c1ncc(CN2CCCCC2)cc1C1CC1. The van der Waals surface area contributed by atoms with Gasteiger partial charge in [0.25, 0.3) is 0 Å². The number of rotatable bonds is 4. The van der Waals surface area contributed by atoms with E-state index in [1.807, 2.05) is 0 Å². The van der Waals surface area contributed by atoms with E-state index in [4.69, 9.17) is 4.98 Å². The maximum Gasteiger partial charge on any atom is 0.0463 e. The summed E-state index contributed by atoms with van der Waals surface area (Å²) in [7, 11) is 0. The molecule has 19 heavy (non-hydrogen) atoms. The maximum atomic E-state index is 4.78. The second-order valence-corrected chi connectivity index (χ2v) is 6.58. The Labute approximate surface area is 117 Å². The lowest BCUT2D eigenvalue weighted by Crippen LogP contribution is -2.29. The summed E-state index contributed by atoms with van der Waals surface area (Å²) in [4.78, 5) is 7.37. The number of hydrogen-bond acceptors (Lipinski definition) is 2. The van der Waals surface area contributed by atoms with E-state index in [-0.39, 0.29) is 0 Å². The Morgan fingerprint density at radius 3 is 2.58 bits per heavy atom. The number of nitrogens with zero attached hydrogens (tertiary/aromatic N) is 2. The summed E-state index contributed by atoms with van der Waals surface area (Å²) >= 11 is 0. The lowest BCUT2D eigenvalue weighted by molar-refractivity contribution is 0.220. The van der Waals surface area contributed by atoms with E-state index in [1.165, 1.54) is 56.5 Å². The quantitative estimate of drug-likeness (QED) is 0.809. The molecule has 3 rings (SSSR count). The smallest absolute Gasteiger partial charge is 0.0463 e. The first-order chi connectivity index (χ1) is 9.24. The molecular formula is C17H26N2. The lowest BCUT2D eigenvalue weighted by Gasteiger charge is -2.26. The van der Waals surface area contributed by atoms with Crippen molar-refractivity contribution in [1.29, 1.82) is 0 Å². The highest BCUT2D eigenvalue weighted by molar-refractivity contribution is 5.33. The molecular weight excluding hydrogens is 232 g/mol. The van der Waals surface area contributed by atoms with Gasteiger partial charge in [-0.1, -0.05) is 26.3 Å². The van der Waals surface area contributed by atoms with Crippen molar-refractivity contribution < 1.29 is 0 Å². The molecule has 2 heteroatoms. The number of hydrogen-bond donors (Lipinski definition) is 0. The fourth-order valence-electron chi connectivity index (χ4n) is 3.20. The minimum absolute atomic E-state index is 0.555. The molecule has 1 saturated carbocycles. The van der Waals surface area contributed by atoms with Crippen molar-refractivity contribution >= 4 is 0 Å². The lowest BCUT2D eigenvalue weighted by atomic mass is 9.98. The number of piperidine rings is 1. The van der Waals surface area contributed by atoms with E-state index in [0.29, 0.717) is 5.92 Å². The van der Waals surface area contributed by atoms with Crippen molar-refractivity contribution in [2.24, 2.45) is 0 Å². The fourth-order valence-corrected chi connectivity index (χ4v) is 3.20. The van der Waals surface area contributed by atoms with Gasteiger partial charge in [0, 0.05) is 18.4 Å². The second-order valence-electron chi connectivity index (χ2n) is 6.58. The maximum absolute atomic E-state index is 4.78. The van der Waals surface area contributed by atoms with Crippen molar-refractivity contribution in [2.75, 3.05) is 13.1 Å². The summed E-state index contributed by atoms with van der Waals surface area (Å²) in [5.41, 5.74) is 4.31. The van der Waals surface area contributed by atoms with E-state index in [9.17, 15) is 0 Å². The van der Waals surface area contributed by atoms with Crippen LogP contribution in [0.3, 0.4) is 0 Å². The summed E-state index contributed by atoms with van der Waals surface area (Å²) in [5.74, 6) is 1.37. The standard InChI is InChI=1S/C17H26N2/c1-13(2)17-16(15-6-7-15)10-14(11-18-17)12-19-8-4-3-5-9-19/h10-11,13,15H,3-9,12H2,1-2H3. The van der Waals surface area contributed by atoms with E-state index >= 15 is 0 Å². The van der Waals surface area contributed by atoms with Crippen LogP contribution >= 0.6 is 0 Å². The average Bonchev–Trinajstić information content (AvgIpc) is 3.24. The minimum Gasteiger partial charge on any atom is -0.299 e. The van der Waals surface area contributed by atoms with Gasteiger partial charge in [-0.15, -0.1) is 0 Å². The van der Waals surface area contributed by atoms with Crippen molar-refractivity contribution in [2.45, 2.75) is 64.3 Å². The molecule has 0 unspecified atom stereocenters. The molecule has 0 amide bonds. The fraction of sp³-hybridized carbons (Fsp3) is 0.706. The molecule has 0 aromatic carbocycles. The third-order valence-electron chi connectivity index (χ3n) is 4.43. The molecule has 1 aliphatic carbocycles. The Kier molecular flexibility index (Phi) is 3.88. The predicted octanol–water partition coefficient (Wildman–Crippen LogP) is 4.07. The second kappa shape index (κ2) is 5.62. The van der Waals surface area contributed by atoms with Crippen LogP contribution in [0.5, 0.6) is 0 Å². The van der Waals surface area contributed by atoms with Gasteiger partial charge in [-0.3, -0.25) is 9.88 Å². The molecule has 2 aliphatic rings. The zero-order valence-corrected chi connectivity index (χ0v) is 12.4. The van der Waals surface area contributed by atoms with Crippen molar-refractivity contribution in [3.05, 3.63) is 29.1 Å². The molecule has 0 radical (unpaired) electrons. The molecule has 0 spiro atoms. The number of aromatic nitrogens is 1. The Balaban J connectivity index is 1.76. The normalized spacial score (nSPS) is 21.0. The Morgan fingerprint density at radius 1 is 1.21 bits per heavy atom. The highest BCUT2D eigenvalue weighted by Gasteiger charge is 2.28. The van der Waals surface area contributed by atoms with Gasteiger partial charge < -0.3 is 0 Å². The Morgan fingerprint density at radius 2 is 1.95 bits per heavy atom. The van der Waals surface area contributed by atoms with E-state index in [1.54, 1.807) is 5.56 Å². The monoisotopic (exact) mass is 258 g/mol. The Bertz CT molecular complexity index is 429. The van der Waals surface area contributed by atoms with Crippen LogP contribution in [0.25, 0.3) is 0 Å². The summed E-state index contributed by atoms with van der Waals surface area (Å²) in [5, 5.41) is 0. The first-order valence-electron chi connectivity index (χ1n) is 7.95. The van der Waals surface area contributed by atoms with Gasteiger partial charge in [0.15, 0.2) is 0 Å². The van der Waals surface area contributed by atoms with Gasteiger partial charge in [0.2, 0.25) is 0 Å². The first kappa shape index (κ1) is 13.1. The third kappa shape index (κ3) is 3.17. The van der Waals surface area contributed by atoms with Gasteiger partial charge in [-0.25, -0.2) is 0 Å². The molecule has 0 N–H and O–H groups in total. The molecule has 0 bridgehead atoms. The van der Waals surface area contributed by atoms with Gasteiger partial charge in [-0.05, 0) is 61.7 Å². The number of pyridine rings is 1. The molecule has 104 valence electrons. The van der Waals surface area contributed by atoms with Crippen LogP contribution in [0.15, 0.2) is 12.3 Å². The van der Waals surface area contributed by atoms with Gasteiger partial charge >= 0.3 is 0 Å². The summed E-state index contributed by atoms with van der Waals surface area (Å²) in [6, 6.07) is 2.45. The molecule has 2 fully saturated rings. The van der Waals surface area contributed by atoms with Gasteiger partial charge in [0.05, 0.1) is 0 Å². The minimum atomic E-state index is 0.555. The highest BCUT2D eigenvalue weighted by Crippen LogP contribution is 2.43. The predicted molar refractivity (Wildman–Crippen MR) is 79.4 cm³/mol. The van der Waals surface area contributed by atoms with E-state index in [2.05, 4.69) is 31.0 Å². The van der Waals surface area contributed by atoms with Crippen molar-refractivity contribution in [3.8, 4) is 0 Å². The largest absolute Gasteiger partial charge is 0.299 e. The summed E-state index contributed by atoms with van der Waals surface area (Å²) in [6.07, 6.45) is 9.01. The number of likely N-dealkylation sites (tertiary alicyclic amines) is 1. The highest BCUT2D eigenvalue weighted by atomic mass is 15.1. The molecule has 1 aromatic heterocycles. The van der Waals surface area contributed by atoms with Crippen LogP contribution in [0.1, 0.15) is 74.6 Å². The van der Waals surface area contributed by atoms with Crippen LogP contribution in [0.2, 0.25) is 0 Å². The van der Waals surface area contributed by atoms with Gasteiger partial charge in [-0.2, -0.15) is 0 Å². The topological polar surface area (TPSA) is 16.1 Å². The Hall–Kier alpha value is -0.890. The van der Waals surface area contributed by atoms with Crippen LogP contribution < -0.4 is 0 Å². The molecule has 2 heterocycles. The van der Waals surface area contributed by atoms with Crippen molar-refractivity contribution in [3.63, 3.8) is 0 Å². The van der Waals surface area contributed by atoms with Crippen molar-refractivity contribution in [1.82, 2.24) is 9.88 Å². The summed E-state index contributed by atoms with van der Waals surface area (Å²) in [6.45, 7) is 8.16. The van der Waals surface area contributed by atoms with Crippen LogP contribution in [-0.2, 0) is 6.54 Å². The zero-order chi connectivity index (χ0) is 13.2. The molecule has 1 aromatic rings. The van der Waals surface area contributed by atoms with E-state index in [0.717, 1.165) is 12.5 Å². The zero-order valence-electron chi connectivity index (χ0n) is 12.4. The van der Waals surface area contributed by atoms with Crippen LogP contribution in [0, 0.1) is 0 Å². The van der Waals surface area contributed by atoms with Gasteiger partial charge in [0.1, 0.15) is 0 Å². The van der Waals surface area contributed by atoms with E-state index < -0.39 is 0 Å². The molecule has 1 saturated heterocycles. The molecule has 2 nitrogen and oxygen atoms in total. The van der Waals surface area contributed by atoms with Crippen LogP contribution in [0.4, 0.5) is 0 Å². The summed E-state index contributed by atoms with van der Waals surface area (Å²) < 4.78 is 0.